The number of rotatable bonds is 4. The van der Waals surface area contributed by atoms with Crippen LogP contribution < -0.4 is 5.56 Å². The number of hydrogen-bond donors (Lipinski definition) is 2. The van der Waals surface area contributed by atoms with Gasteiger partial charge in [-0.25, -0.2) is 4.98 Å². The highest BCUT2D eigenvalue weighted by Crippen LogP contribution is 2.22. The molecule has 0 saturated heterocycles. The summed E-state index contributed by atoms with van der Waals surface area (Å²) in [6.45, 7) is 4.10. The van der Waals surface area contributed by atoms with E-state index >= 15 is 0 Å². The minimum Gasteiger partial charge on any atom is -0.361 e. The highest BCUT2D eigenvalue weighted by Gasteiger charge is 2.12. The molecule has 1 aromatic carbocycles. The number of aromatic nitrogens is 3. The summed E-state index contributed by atoms with van der Waals surface area (Å²) in [5.74, 6) is 0.365. The normalized spacial score (nSPS) is 11.5. The Bertz CT molecular complexity index is 864. The minimum atomic E-state index is -0.145. The van der Waals surface area contributed by atoms with E-state index in [0.717, 1.165) is 16.5 Å². The first-order valence-electron chi connectivity index (χ1n) is 7.37. The number of benzene rings is 1. The van der Waals surface area contributed by atoms with Crippen molar-refractivity contribution in [1.29, 1.82) is 0 Å². The van der Waals surface area contributed by atoms with E-state index in [4.69, 9.17) is 11.6 Å². The zero-order valence-electron chi connectivity index (χ0n) is 12.6. The fraction of sp³-hybridized carbons (Fsp3) is 0.294. The Kier molecular flexibility index (Phi) is 4.03. The van der Waals surface area contributed by atoms with Crippen LogP contribution in [0, 0.1) is 5.92 Å². The van der Waals surface area contributed by atoms with E-state index in [0.29, 0.717) is 35.3 Å². The van der Waals surface area contributed by atoms with Gasteiger partial charge in [-0.2, -0.15) is 0 Å². The van der Waals surface area contributed by atoms with E-state index < -0.39 is 0 Å². The number of nitrogens with zero attached hydrogens (tertiary/aromatic N) is 1. The monoisotopic (exact) mass is 315 g/mol. The number of nitrogens with one attached hydrogen (secondary N) is 2. The summed E-state index contributed by atoms with van der Waals surface area (Å²) < 4.78 is 0. The van der Waals surface area contributed by atoms with Crippen LogP contribution in [0.3, 0.4) is 0 Å². The Morgan fingerprint density at radius 1 is 1.27 bits per heavy atom. The molecule has 0 atom stereocenters. The Morgan fingerprint density at radius 2 is 2.05 bits per heavy atom. The first-order chi connectivity index (χ1) is 10.5. The molecule has 3 rings (SSSR count). The predicted molar refractivity (Wildman–Crippen MR) is 89.5 cm³/mol. The van der Waals surface area contributed by atoms with Crippen LogP contribution in [0.5, 0.6) is 0 Å². The van der Waals surface area contributed by atoms with E-state index in [1.165, 1.54) is 0 Å². The van der Waals surface area contributed by atoms with Crippen molar-refractivity contribution in [3.8, 4) is 0 Å². The first-order valence-corrected chi connectivity index (χ1v) is 7.75. The van der Waals surface area contributed by atoms with E-state index in [-0.39, 0.29) is 5.56 Å². The van der Waals surface area contributed by atoms with Crippen molar-refractivity contribution in [1.82, 2.24) is 15.0 Å². The molecular formula is C17H18ClN3O. The maximum atomic E-state index is 12.1. The van der Waals surface area contributed by atoms with Crippen LogP contribution >= 0.6 is 11.6 Å². The van der Waals surface area contributed by atoms with E-state index in [1.54, 1.807) is 0 Å². The van der Waals surface area contributed by atoms with Crippen molar-refractivity contribution in [3.63, 3.8) is 0 Å². The minimum absolute atomic E-state index is 0.145. The standard InChI is InChI=1S/C17H18ClN3O/c1-10(2)7-15-17(22)21-14(16(18)20-15)8-11-9-19-13-6-4-3-5-12(11)13/h3-6,9-10,19H,7-8H2,1-2H3,(H,21,22). The third-order valence-corrected chi connectivity index (χ3v) is 3.97. The Labute approximate surface area is 133 Å². The van der Waals surface area contributed by atoms with Gasteiger partial charge in [0, 0.05) is 23.5 Å². The second-order valence-electron chi connectivity index (χ2n) is 5.92. The second kappa shape index (κ2) is 5.97. The molecule has 0 aliphatic heterocycles. The molecule has 0 bridgehead atoms. The molecule has 22 heavy (non-hydrogen) atoms. The molecule has 3 aromatic rings. The summed E-state index contributed by atoms with van der Waals surface area (Å²) in [5, 5.41) is 1.51. The molecule has 2 N–H and O–H groups in total. The van der Waals surface area contributed by atoms with Crippen LogP contribution in [0.1, 0.15) is 30.8 Å². The van der Waals surface area contributed by atoms with Crippen LogP contribution in [0.25, 0.3) is 10.9 Å². The zero-order valence-corrected chi connectivity index (χ0v) is 13.4. The maximum absolute atomic E-state index is 12.1. The summed E-state index contributed by atoms with van der Waals surface area (Å²) in [5.41, 5.74) is 3.17. The summed E-state index contributed by atoms with van der Waals surface area (Å²) >= 11 is 6.26. The lowest BCUT2D eigenvalue weighted by Crippen LogP contribution is -2.19. The number of aromatic amines is 2. The van der Waals surface area contributed by atoms with Gasteiger partial charge in [0.2, 0.25) is 0 Å². The maximum Gasteiger partial charge on any atom is 0.269 e. The van der Waals surface area contributed by atoms with Gasteiger partial charge in [0.05, 0.1) is 5.69 Å². The smallest absolute Gasteiger partial charge is 0.269 e. The third-order valence-electron chi connectivity index (χ3n) is 3.65. The molecule has 0 radical (unpaired) electrons. The van der Waals surface area contributed by atoms with Crippen LogP contribution in [-0.4, -0.2) is 15.0 Å². The molecule has 5 heteroatoms. The van der Waals surface area contributed by atoms with Crippen molar-refractivity contribution in [2.75, 3.05) is 0 Å². The fourth-order valence-electron chi connectivity index (χ4n) is 2.61. The van der Waals surface area contributed by atoms with Crippen molar-refractivity contribution < 1.29 is 0 Å². The predicted octanol–water partition coefficient (Wildman–Crippen LogP) is 3.69. The molecule has 2 heterocycles. The Hall–Kier alpha value is -2.07. The number of H-pyrrole nitrogens is 2. The molecule has 0 amide bonds. The highest BCUT2D eigenvalue weighted by atomic mass is 35.5. The highest BCUT2D eigenvalue weighted by molar-refractivity contribution is 6.30. The first kappa shape index (κ1) is 14.9. The van der Waals surface area contributed by atoms with Crippen molar-refractivity contribution in [2.24, 2.45) is 5.92 Å². The summed E-state index contributed by atoms with van der Waals surface area (Å²) in [6, 6.07) is 8.05. The molecule has 0 saturated carbocycles. The number of halogens is 1. The molecule has 2 aromatic heterocycles. The second-order valence-corrected chi connectivity index (χ2v) is 6.27. The fourth-order valence-corrected chi connectivity index (χ4v) is 2.82. The molecule has 0 aliphatic carbocycles. The van der Waals surface area contributed by atoms with E-state index in [2.05, 4.69) is 28.8 Å². The largest absolute Gasteiger partial charge is 0.361 e. The topological polar surface area (TPSA) is 61.5 Å². The van der Waals surface area contributed by atoms with Crippen molar-refractivity contribution in [2.45, 2.75) is 26.7 Å². The Balaban J connectivity index is 1.96. The van der Waals surface area contributed by atoms with Gasteiger partial charge in [-0.15, -0.1) is 0 Å². The van der Waals surface area contributed by atoms with Crippen LogP contribution in [-0.2, 0) is 12.8 Å². The molecule has 114 valence electrons. The van der Waals surface area contributed by atoms with Gasteiger partial charge < -0.3 is 9.97 Å². The van der Waals surface area contributed by atoms with Crippen LogP contribution in [0.2, 0.25) is 5.15 Å². The van der Waals surface area contributed by atoms with E-state index in [1.807, 2.05) is 30.5 Å². The lowest BCUT2D eigenvalue weighted by atomic mass is 10.1. The van der Waals surface area contributed by atoms with Crippen LogP contribution in [0.15, 0.2) is 35.3 Å². The molecule has 0 spiro atoms. The van der Waals surface area contributed by atoms with Crippen molar-refractivity contribution in [3.05, 3.63) is 62.9 Å². The quantitative estimate of drug-likeness (QED) is 0.771. The van der Waals surface area contributed by atoms with Crippen molar-refractivity contribution >= 4 is 22.5 Å². The van der Waals surface area contributed by atoms with Gasteiger partial charge >= 0.3 is 0 Å². The zero-order chi connectivity index (χ0) is 15.7. The lowest BCUT2D eigenvalue weighted by molar-refractivity contribution is 0.627. The van der Waals surface area contributed by atoms with Gasteiger partial charge in [0.25, 0.3) is 5.56 Å². The SMILES string of the molecule is CC(C)Cc1nc(Cl)c(Cc2c[nH]c3ccccc23)[nH]c1=O. The molecule has 0 unspecified atom stereocenters. The van der Waals surface area contributed by atoms with E-state index in [9.17, 15) is 4.79 Å². The van der Waals surface area contributed by atoms with Gasteiger partial charge in [-0.05, 0) is 24.0 Å². The van der Waals surface area contributed by atoms with Gasteiger partial charge in [-0.3, -0.25) is 4.79 Å². The number of hydrogen-bond acceptors (Lipinski definition) is 2. The molecule has 0 aliphatic rings. The summed E-state index contributed by atoms with van der Waals surface area (Å²) in [7, 11) is 0. The lowest BCUT2D eigenvalue weighted by Gasteiger charge is -2.07. The van der Waals surface area contributed by atoms with Gasteiger partial charge in [0.15, 0.2) is 0 Å². The third kappa shape index (κ3) is 2.92. The average Bonchev–Trinajstić information content (AvgIpc) is 2.87. The Morgan fingerprint density at radius 3 is 2.82 bits per heavy atom. The number of para-hydroxylation sites is 1. The summed E-state index contributed by atoms with van der Waals surface area (Å²) in [6.07, 6.45) is 3.12. The van der Waals surface area contributed by atoms with Crippen LogP contribution in [0.4, 0.5) is 0 Å². The molecule has 4 nitrogen and oxygen atoms in total. The molecule has 0 fully saturated rings. The summed E-state index contributed by atoms with van der Waals surface area (Å²) in [4.78, 5) is 22.5. The van der Waals surface area contributed by atoms with Gasteiger partial charge in [0.1, 0.15) is 10.8 Å². The average molecular weight is 316 g/mol. The van der Waals surface area contributed by atoms with Gasteiger partial charge in [-0.1, -0.05) is 43.6 Å². The number of fused-ring (bicyclic) bond motifs is 1. The molecular weight excluding hydrogens is 298 g/mol.